The van der Waals surface area contributed by atoms with Gasteiger partial charge in [-0.15, -0.1) is 11.3 Å². The van der Waals surface area contributed by atoms with E-state index in [0.717, 1.165) is 26.3 Å². The van der Waals surface area contributed by atoms with Crippen molar-refractivity contribution in [3.8, 4) is 0 Å². The molecule has 0 aliphatic carbocycles. The molecule has 0 radical (unpaired) electrons. The van der Waals surface area contributed by atoms with Gasteiger partial charge in [-0.2, -0.15) is 0 Å². The van der Waals surface area contributed by atoms with Crippen LogP contribution in [0.1, 0.15) is 11.8 Å². The van der Waals surface area contributed by atoms with Crippen LogP contribution in [0.25, 0.3) is 0 Å². The molecule has 1 saturated heterocycles. The third-order valence-corrected chi connectivity index (χ3v) is 3.49. The predicted molar refractivity (Wildman–Crippen MR) is 57.8 cm³/mol. The summed E-state index contributed by atoms with van der Waals surface area (Å²) in [5.41, 5.74) is 0. The highest BCUT2D eigenvalue weighted by molar-refractivity contribution is 7.15. The van der Waals surface area contributed by atoms with E-state index in [0.29, 0.717) is 10.5 Å². The Hall–Kier alpha value is -0.160. The minimum Gasteiger partial charge on any atom is -0.379 e. The number of halogens is 1. The fourth-order valence-corrected chi connectivity index (χ4v) is 2.56. The Bertz CT molecular complexity index is 305. The summed E-state index contributed by atoms with van der Waals surface area (Å²) in [5, 5.41) is 0. The van der Waals surface area contributed by atoms with Crippen LogP contribution in [0.5, 0.6) is 0 Å². The number of hydrogen-bond acceptors (Lipinski definition) is 4. The van der Waals surface area contributed by atoms with Gasteiger partial charge >= 0.3 is 0 Å². The van der Waals surface area contributed by atoms with Crippen LogP contribution in [0.3, 0.4) is 0 Å². The van der Waals surface area contributed by atoms with Crippen LogP contribution >= 0.6 is 22.9 Å². The maximum Gasteiger partial charge on any atom is 0.183 e. The zero-order valence-corrected chi connectivity index (χ0v) is 9.64. The van der Waals surface area contributed by atoms with Gasteiger partial charge < -0.3 is 4.74 Å². The molecule has 0 N–H and O–H groups in total. The van der Waals surface area contributed by atoms with E-state index in [-0.39, 0.29) is 0 Å². The van der Waals surface area contributed by atoms with Crippen LogP contribution in [0.15, 0.2) is 6.20 Å². The molecule has 1 aliphatic rings. The minimum atomic E-state index is 0.490. The van der Waals surface area contributed by atoms with E-state index in [1.54, 1.807) is 11.3 Å². The van der Waals surface area contributed by atoms with E-state index in [2.05, 4.69) is 16.8 Å². The average Bonchev–Trinajstić information content (AvgIpc) is 2.56. The van der Waals surface area contributed by atoms with Gasteiger partial charge in [-0.3, -0.25) is 4.90 Å². The Balaban J connectivity index is 1.95. The monoisotopic (exact) mass is 232 g/mol. The lowest BCUT2D eigenvalue weighted by molar-refractivity contribution is -0.00393. The third kappa shape index (κ3) is 2.45. The molecule has 78 valence electrons. The lowest BCUT2D eigenvalue weighted by atomic mass is 10.2. The summed E-state index contributed by atoms with van der Waals surface area (Å²) in [7, 11) is 0. The molecular weight excluding hydrogens is 220 g/mol. The lowest BCUT2D eigenvalue weighted by Crippen LogP contribution is -2.42. The van der Waals surface area contributed by atoms with Gasteiger partial charge in [0, 0.05) is 30.2 Å². The van der Waals surface area contributed by atoms with E-state index in [1.807, 2.05) is 6.20 Å². The Labute approximate surface area is 92.7 Å². The van der Waals surface area contributed by atoms with E-state index in [9.17, 15) is 0 Å². The first-order chi connectivity index (χ1) is 6.75. The first-order valence-electron chi connectivity index (χ1n) is 4.67. The van der Waals surface area contributed by atoms with Gasteiger partial charge in [-0.1, -0.05) is 11.6 Å². The molecule has 3 nitrogen and oxygen atoms in total. The van der Waals surface area contributed by atoms with Gasteiger partial charge in [0.2, 0.25) is 0 Å². The summed E-state index contributed by atoms with van der Waals surface area (Å²) in [6.07, 6.45) is 1.86. The number of morpholine rings is 1. The van der Waals surface area contributed by atoms with Gasteiger partial charge in [0.15, 0.2) is 4.47 Å². The Morgan fingerprint density at radius 2 is 2.64 bits per heavy atom. The minimum absolute atomic E-state index is 0.490. The normalized spacial score (nSPS) is 24.0. The molecule has 5 heteroatoms. The first-order valence-corrected chi connectivity index (χ1v) is 5.87. The van der Waals surface area contributed by atoms with E-state index in [1.165, 1.54) is 4.88 Å². The second kappa shape index (κ2) is 4.57. The number of ether oxygens (including phenoxy) is 1. The SMILES string of the molecule is CC1COCCN1Cc1cnc(Cl)s1. The lowest BCUT2D eigenvalue weighted by Gasteiger charge is -2.32. The van der Waals surface area contributed by atoms with Crippen molar-refractivity contribution >= 4 is 22.9 Å². The molecule has 1 aromatic rings. The molecule has 0 spiro atoms. The Morgan fingerprint density at radius 3 is 3.29 bits per heavy atom. The van der Waals surface area contributed by atoms with Crippen LogP contribution in [-0.4, -0.2) is 35.7 Å². The quantitative estimate of drug-likeness (QED) is 0.780. The molecule has 1 atom stereocenters. The van der Waals surface area contributed by atoms with Crippen molar-refractivity contribution in [2.24, 2.45) is 0 Å². The Morgan fingerprint density at radius 1 is 1.79 bits per heavy atom. The molecule has 0 saturated carbocycles. The number of thiazole rings is 1. The number of nitrogens with zero attached hydrogens (tertiary/aromatic N) is 2. The molecule has 2 rings (SSSR count). The highest BCUT2D eigenvalue weighted by Crippen LogP contribution is 2.20. The Kier molecular flexibility index (Phi) is 3.38. The zero-order valence-electron chi connectivity index (χ0n) is 8.07. The van der Waals surface area contributed by atoms with Gasteiger partial charge in [0.1, 0.15) is 0 Å². The summed E-state index contributed by atoms with van der Waals surface area (Å²) < 4.78 is 6.00. The van der Waals surface area contributed by atoms with Gasteiger partial charge in [0.25, 0.3) is 0 Å². The summed E-state index contributed by atoms with van der Waals surface area (Å²) in [6, 6.07) is 0.490. The zero-order chi connectivity index (χ0) is 9.97. The summed E-state index contributed by atoms with van der Waals surface area (Å²) >= 11 is 7.33. The van der Waals surface area contributed by atoms with Crippen molar-refractivity contribution in [1.29, 1.82) is 0 Å². The summed E-state index contributed by atoms with van der Waals surface area (Å²) in [6.45, 7) is 5.77. The summed E-state index contributed by atoms with van der Waals surface area (Å²) in [5.74, 6) is 0. The third-order valence-electron chi connectivity index (χ3n) is 2.39. The number of hydrogen-bond donors (Lipinski definition) is 0. The van der Waals surface area contributed by atoms with E-state index >= 15 is 0 Å². The van der Waals surface area contributed by atoms with Crippen LogP contribution < -0.4 is 0 Å². The van der Waals surface area contributed by atoms with Crippen molar-refractivity contribution in [2.75, 3.05) is 19.8 Å². The number of rotatable bonds is 2. The second-order valence-electron chi connectivity index (χ2n) is 3.47. The highest BCUT2D eigenvalue weighted by atomic mass is 35.5. The largest absolute Gasteiger partial charge is 0.379 e. The standard InChI is InChI=1S/C9H13ClN2OS/c1-7-6-13-3-2-12(7)5-8-4-11-9(10)14-8/h4,7H,2-3,5-6H2,1H3. The number of aromatic nitrogens is 1. The molecule has 1 unspecified atom stereocenters. The van der Waals surface area contributed by atoms with Crippen LogP contribution in [0.2, 0.25) is 4.47 Å². The van der Waals surface area contributed by atoms with Gasteiger partial charge in [-0.25, -0.2) is 4.98 Å². The molecular formula is C9H13ClN2OS. The average molecular weight is 233 g/mol. The topological polar surface area (TPSA) is 25.4 Å². The molecule has 2 heterocycles. The van der Waals surface area contributed by atoms with Gasteiger partial charge in [0.05, 0.1) is 13.2 Å². The maximum atomic E-state index is 5.78. The highest BCUT2D eigenvalue weighted by Gasteiger charge is 2.19. The molecule has 1 aliphatic heterocycles. The maximum absolute atomic E-state index is 5.78. The van der Waals surface area contributed by atoms with Crippen molar-refractivity contribution in [3.63, 3.8) is 0 Å². The second-order valence-corrected chi connectivity index (χ2v) is 5.17. The van der Waals surface area contributed by atoms with Crippen molar-refractivity contribution < 1.29 is 4.74 Å². The van der Waals surface area contributed by atoms with Crippen LogP contribution in [0.4, 0.5) is 0 Å². The van der Waals surface area contributed by atoms with Gasteiger partial charge in [-0.05, 0) is 6.92 Å². The first kappa shape index (κ1) is 10.4. The molecule has 14 heavy (non-hydrogen) atoms. The van der Waals surface area contributed by atoms with E-state index < -0.39 is 0 Å². The predicted octanol–water partition coefficient (Wildman–Crippen LogP) is 2.02. The summed E-state index contributed by atoms with van der Waals surface area (Å²) in [4.78, 5) is 7.66. The fraction of sp³-hybridized carbons (Fsp3) is 0.667. The smallest absolute Gasteiger partial charge is 0.183 e. The fourth-order valence-electron chi connectivity index (χ4n) is 1.55. The molecule has 1 aromatic heterocycles. The van der Waals surface area contributed by atoms with Crippen LogP contribution in [-0.2, 0) is 11.3 Å². The molecule has 0 aromatic carbocycles. The van der Waals surface area contributed by atoms with Crippen molar-refractivity contribution in [1.82, 2.24) is 9.88 Å². The van der Waals surface area contributed by atoms with E-state index in [4.69, 9.17) is 16.3 Å². The van der Waals surface area contributed by atoms with Crippen molar-refractivity contribution in [2.45, 2.75) is 19.5 Å². The van der Waals surface area contributed by atoms with Crippen LogP contribution in [0, 0.1) is 0 Å². The molecule has 0 amide bonds. The van der Waals surface area contributed by atoms with Crippen molar-refractivity contribution in [3.05, 3.63) is 15.5 Å². The molecule has 1 fully saturated rings. The molecule has 0 bridgehead atoms.